The van der Waals surface area contributed by atoms with E-state index in [9.17, 15) is 0 Å². The molecule has 0 amide bonds. The number of nitrogens with one attached hydrogen (secondary N) is 2. The highest BCUT2D eigenvalue weighted by atomic mass is 32.1. The molecule has 5 nitrogen and oxygen atoms in total. The number of ether oxygens (including phenoxy) is 2. The maximum absolute atomic E-state index is 5.30. The molecule has 0 aliphatic rings. The molecule has 0 saturated carbocycles. The molecule has 0 fully saturated rings. The van der Waals surface area contributed by atoms with Gasteiger partial charge in [0.25, 0.3) is 0 Å². The number of methoxy groups -OCH3 is 2. The number of hydrogen-bond acceptors (Lipinski definition) is 4. The summed E-state index contributed by atoms with van der Waals surface area (Å²) >= 11 is 5.29. The Morgan fingerprint density at radius 2 is 1.26 bits per heavy atom. The molecule has 0 spiro atoms. The highest BCUT2D eigenvalue weighted by molar-refractivity contribution is 7.80. The molecule has 6 heteroatoms. The van der Waals surface area contributed by atoms with Gasteiger partial charge in [0.05, 0.1) is 20.4 Å². The number of benzene rings is 1. The molecule has 0 atom stereocenters. The number of hydrogen-bond donors (Lipinski definition) is 2. The predicted octanol–water partition coefficient (Wildman–Crippen LogP) is 7.76. The minimum atomic E-state index is 0.553. The zero-order valence-electron chi connectivity index (χ0n) is 22.0. The summed E-state index contributed by atoms with van der Waals surface area (Å²) < 4.78 is 10.5. The fourth-order valence-corrected chi connectivity index (χ4v) is 4.17. The summed E-state index contributed by atoms with van der Waals surface area (Å²) in [6, 6.07) is 5.64. The third-order valence-electron chi connectivity index (χ3n) is 6.10. The van der Waals surface area contributed by atoms with E-state index in [2.05, 4.69) is 22.8 Å². The Morgan fingerprint density at radius 3 is 1.76 bits per heavy atom. The first-order valence-electron chi connectivity index (χ1n) is 13.5. The van der Waals surface area contributed by atoms with Crippen LogP contribution in [0.1, 0.15) is 115 Å². The van der Waals surface area contributed by atoms with E-state index in [1.54, 1.807) is 20.4 Å². The SMILES string of the molecule is CCCCCCCCCCCCCCCCCCNC(=S)N/N=C\c1ccc(OC)c(OC)c1. The second kappa shape index (κ2) is 21.7. The van der Waals surface area contributed by atoms with Gasteiger partial charge in [-0.05, 0) is 42.4 Å². The minimum absolute atomic E-state index is 0.553. The van der Waals surface area contributed by atoms with Crippen LogP contribution in [0.15, 0.2) is 23.3 Å². The van der Waals surface area contributed by atoms with Crippen LogP contribution in [-0.2, 0) is 0 Å². The third-order valence-corrected chi connectivity index (χ3v) is 6.34. The van der Waals surface area contributed by atoms with E-state index in [1.165, 1.54) is 96.3 Å². The smallest absolute Gasteiger partial charge is 0.186 e. The van der Waals surface area contributed by atoms with E-state index in [1.807, 2.05) is 18.2 Å². The minimum Gasteiger partial charge on any atom is -0.493 e. The first-order chi connectivity index (χ1) is 16.7. The molecule has 194 valence electrons. The van der Waals surface area contributed by atoms with Crippen molar-refractivity contribution in [2.75, 3.05) is 20.8 Å². The number of nitrogens with zero attached hydrogens (tertiary/aromatic N) is 1. The topological polar surface area (TPSA) is 54.9 Å². The molecule has 1 aromatic carbocycles. The Hall–Kier alpha value is -1.82. The lowest BCUT2D eigenvalue weighted by atomic mass is 10.0. The summed E-state index contributed by atoms with van der Waals surface area (Å²) in [5.74, 6) is 1.37. The highest BCUT2D eigenvalue weighted by Gasteiger charge is 2.03. The lowest BCUT2D eigenvalue weighted by molar-refractivity contribution is 0.355. The van der Waals surface area contributed by atoms with Crippen molar-refractivity contribution in [1.82, 2.24) is 10.7 Å². The second-order valence-electron chi connectivity index (χ2n) is 9.04. The van der Waals surface area contributed by atoms with Gasteiger partial charge in [0.2, 0.25) is 0 Å². The Bertz CT molecular complexity index is 667. The van der Waals surface area contributed by atoms with Crippen molar-refractivity contribution in [1.29, 1.82) is 0 Å². The number of thiocarbonyl (C=S) groups is 1. The first-order valence-corrected chi connectivity index (χ1v) is 13.9. The molecular weight excluding hydrogens is 442 g/mol. The van der Waals surface area contributed by atoms with Gasteiger partial charge in [0.1, 0.15) is 0 Å². The van der Waals surface area contributed by atoms with E-state index < -0.39 is 0 Å². The van der Waals surface area contributed by atoms with Crippen molar-refractivity contribution >= 4 is 23.5 Å². The van der Waals surface area contributed by atoms with Crippen LogP contribution >= 0.6 is 12.2 Å². The first kappa shape index (κ1) is 30.2. The largest absolute Gasteiger partial charge is 0.493 e. The molecule has 0 bridgehead atoms. The zero-order valence-corrected chi connectivity index (χ0v) is 22.8. The van der Waals surface area contributed by atoms with Crippen LogP contribution in [0.5, 0.6) is 11.5 Å². The molecule has 0 aromatic heterocycles. The van der Waals surface area contributed by atoms with Crippen molar-refractivity contribution in [2.24, 2.45) is 5.10 Å². The van der Waals surface area contributed by atoms with Crippen LogP contribution < -0.4 is 20.2 Å². The van der Waals surface area contributed by atoms with Gasteiger partial charge in [-0.2, -0.15) is 5.10 Å². The Morgan fingerprint density at radius 1 is 0.765 bits per heavy atom. The van der Waals surface area contributed by atoms with E-state index in [0.717, 1.165) is 18.5 Å². The normalized spacial score (nSPS) is 11.0. The van der Waals surface area contributed by atoms with Crippen molar-refractivity contribution in [2.45, 2.75) is 110 Å². The molecule has 2 N–H and O–H groups in total. The van der Waals surface area contributed by atoms with Gasteiger partial charge in [0, 0.05) is 6.54 Å². The Balaban J connectivity index is 1.90. The lowest BCUT2D eigenvalue weighted by Crippen LogP contribution is -2.32. The maximum Gasteiger partial charge on any atom is 0.186 e. The summed E-state index contributed by atoms with van der Waals surface area (Å²) in [4.78, 5) is 0. The van der Waals surface area contributed by atoms with Crippen LogP contribution in [0.3, 0.4) is 0 Å². The molecular formula is C28H49N3O2S. The van der Waals surface area contributed by atoms with Gasteiger partial charge in [-0.1, -0.05) is 103 Å². The summed E-state index contributed by atoms with van der Waals surface area (Å²) in [6.45, 7) is 3.17. The lowest BCUT2D eigenvalue weighted by Gasteiger charge is -2.08. The Labute approximate surface area is 214 Å². The molecule has 34 heavy (non-hydrogen) atoms. The van der Waals surface area contributed by atoms with Gasteiger partial charge in [0.15, 0.2) is 16.6 Å². The van der Waals surface area contributed by atoms with Crippen molar-refractivity contribution in [3.8, 4) is 11.5 Å². The quantitative estimate of drug-likeness (QED) is 0.0796. The molecule has 0 saturated heterocycles. The molecule has 0 unspecified atom stereocenters. The maximum atomic E-state index is 5.30. The van der Waals surface area contributed by atoms with Crippen molar-refractivity contribution in [3.63, 3.8) is 0 Å². The summed E-state index contributed by atoms with van der Waals surface area (Å²) in [5.41, 5.74) is 3.78. The summed E-state index contributed by atoms with van der Waals surface area (Å²) in [6.07, 6.45) is 23.8. The van der Waals surface area contributed by atoms with Gasteiger partial charge in [-0.25, -0.2) is 0 Å². The van der Waals surface area contributed by atoms with Crippen molar-refractivity contribution in [3.05, 3.63) is 23.8 Å². The van der Waals surface area contributed by atoms with Crippen LogP contribution in [0.25, 0.3) is 0 Å². The van der Waals surface area contributed by atoms with Gasteiger partial charge in [-0.15, -0.1) is 0 Å². The molecule has 0 aliphatic carbocycles. The van der Waals surface area contributed by atoms with Crippen LogP contribution in [0.2, 0.25) is 0 Å². The average molecular weight is 492 g/mol. The van der Waals surface area contributed by atoms with E-state index in [4.69, 9.17) is 21.7 Å². The average Bonchev–Trinajstić information content (AvgIpc) is 2.85. The summed E-state index contributed by atoms with van der Waals surface area (Å²) in [7, 11) is 3.24. The van der Waals surface area contributed by atoms with Crippen LogP contribution in [-0.4, -0.2) is 32.1 Å². The molecule has 1 aromatic rings. The number of unbranched alkanes of at least 4 members (excludes halogenated alkanes) is 15. The Kier molecular flexibility index (Phi) is 19.3. The number of rotatable bonds is 21. The number of hydrazone groups is 1. The van der Waals surface area contributed by atoms with Gasteiger partial charge in [-0.3, -0.25) is 5.43 Å². The third kappa shape index (κ3) is 15.9. The van der Waals surface area contributed by atoms with E-state index >= 15 is 0 Å². The van der Waals surface area contributed by atoms with E-state index in [0.29, 0.717) is 16.6 Å². The van der Waals surface area contributed by atoms with Gasteiger partial charge >= 0.3 is 0 Å². The molecule has 1 rings (SSSR count). The van der Waals surface area contributed by atoms with Crippen molar-refractivity contribution < 1.29 is 9.47 Å². The second-order valence-corrected chi connectivity index (χ2v) is 9.45. The monoisotopic (exact) mass is 491 g/mol. The van der Waals surface area contributed by atoms with Crippen LogP contribution in [0, 0.1) is 0 Å². The fraction of sp³-hybridized carbons (Fsp3) is 0.714. The molecule has 0 aliphatic heterocycles. The zero-order chi connectivity index (χ0) is 24.7. The van der Waals surface area contributed by atoms with E-state index in [-0.39, 0.29) is 0 Å². The highest BCUT2D eigenvalue weighted by Crippen LogP contribution is 2.26. The van der Waals surface area contributed by atoms with Crippen LogP contribution in [0.4, 0.5) is 0 Å². The fourth-order valence-electron chi connectivity index (χ4n) is 4.01. The predicted molar refractivity (Wildman–Crippen MR) is 150 cm³/mol. The standard InChI is InChI=1S/C28H49N3O2S/c1-4-5-6-7-8-9-10-11-12-13-14-15-16-17-18-19-22-29-28(34)31-30-24-25-20-21-26(32-2)27(23-25)33-3/h20-21,23-24H,4-19,22H2,1-3H3,(H2,29,31,34)/b30-24-. The van der Waals surface area contributed by atoms with Gasteiger partial charge < -0.3 is 14.8 Å². The summed E-state index contributed by atoms with van der Waals surface area (Å²) in [5, 5.41) is 7.97. The molecule has 0 radical (unpaired) electrons. The molecule has 0 heterocycles.